The first-order valence-corrected chi connectivity index (χ1v) is 14.6. The molecule has 214 valence electrons. The molecule has 1 aliphatic rings. The molecule has 0 radical (unpaired) electrons. The van der Waals surface area contributed by atoms with Gasteiger partial charge in [0.15, 0.2) is 0 Å². The highest BCUT2D eigenvalue weighted by Crippen LogP contribution is 2.33. The van der Waals surface area contributed by atoms with Crippen LogP contribution >= 0.6 is 12.0 Å². The van der Waals surface area contributed by atoms with E-state index < -0.39 is 0 Å². The Labute approximate surface area is 244 Å². The molecule has 1 fully saturated rings. The summed E-state index contributed by atoms with van der Waals surface area (Å²) in [6.45, 7) is 11.2. The van der Waals surface area contributed by atoms with Crippen molar-refractivity contribution in [3.63, 3.8) is 0 Å². The lowest BCUT2D eigenvalue weighted by atomic mass is 9.88. The normalized spacial score (nSPS) is 14.4. The second-order valence-corrected chi connectivity index (χ2v) is 11.0. The van der Waals surface area contributed by atoms with E-state index in [-0.39, 0.29) is 5.91 Å². The van der Waals surface area contributed by atoms with E-state index in [9.17, 15) is 4.79 Å². The fourth-order valence-corrected chi connectivity index (χ4v) is 5.49. The molecule has 0 aliphatic carbocycles. The number of piperidine rings is 1. The minimum absolute atomic E-state index is 0.0441. The van der Waals surface area contributed by atoms with Gasteiger partial charge in [-0.2, -0.15) is 0 Å². The topological polar surface area (TPSA) is 84.6 Å². The van der Waals surface area contributed by atoms with Crippen molar-refractivity contribution in [2.75, 3.05) is 46.6 Å². The third kappa shape index (κ3) is 7.93. The Kier molecular flexibility index (Phi) is 11.7. The van der Waals surface area contributed by atoms with Crippen LogP contribution in [-0.2, 0) is 4.18 Å². The van der Waals surface area contributed by atoms with Crippen LogP contribution in [0, 0.1) is 6.92 Å². The number of benzene rings is 1. The standard InChI is InChI=1S/C30H37N5O2S.C2H6/c1-20(16-27-21(2)32-13-10-26(27)25-17-28(38-37-5)29(31)33-18-25)19-35-14-11-23(12-15-35)22-6-8-24(9-7-22)30(36)34(3)4;1-2/h6-10,13,16-18,23H,11-12,14-15,19H2,1-5H3,(H2,31,33);1-2H3/b20-16+;. The lowest BCUT2D eigenvalue weighted by Gasteiger charge is -2.32. The quantitative estimate of drug-likeness (QED) is 0.306. The molecule has 7 nitrogen and oxygen atoms in total. The number of rotatable bonds is 8. The third-order valence-corrected chi connectivity index (χ3v) is 7.71. The number of nitrogen functional groups attached to an aromatic ring is 1. The van der Waals surface area contributed by atoms with Crippen molar-refractivity contribution in [2.45, 2.75) is 51.3 Å². The predicted octanol–water partition coefficient (Wildman–Crippen LogP) is 6.70. The van der Waals surface area contributed by atoms with Crippen molar-refractivity contribution in [3.05, 3.63) is 76.7 Å². The molecule has 0 atom stereocenters. The second-order valence-electron chi connectivity index (χ2n) is 10.1. The summed E-state index contributed by atoms with van der Waals surface area (Å²) < 4.78 is 5.21. The monoisotopic (exact) mass is 561 g/mol. The van der Waals surface area contributed by atoms with E-state index in [1.54, 1.807) is 26.1 Å². The van der Waals surface area contributed by atoms with E-state index in [4.69, 9.17) is 9.92 Å². The molecule has 1 saturated heterocycles. The van der Waals surface area contributed by atoms with Gasteiger partial charge in [-0.05, 0) is 81.1 Å². The largest absolute Gasteiger partial charge is 0.383 e. The highest BCUT2D eigenvalue weighted by Gasteiger charge is 2.21. The molecule has 40 heavy (non-hydrogen) atoms. The second kappa shape index (κ2) is 15.0. The van der Waals surface area contributed by atoms with Crippen molar-refractivity contribution < 1.29 is 8.98 Å². The van der Waals surface area contributed by atoms with Crippen molar-refractivity contribution in [1.82, 2.24) is 19.8 Å². The number of amides is 1. The summed E-state index contributed by atoms with van der Waals surface area (Å²) in [6.07, 6.45) is 8.13. The van der Waals surface area contributed by atoms with Gasteiger partial charge in [0.25, 0.3) is 5.91 Å². The average molecular weight is 562 g/mol. The Hall–Kier alpha value is -3.20. The zero-order valence-electron chi connectivity index (χ0n) is 24.9. The maximum absolute atomic E-state index is 12.2. The smallest absolute Gasteiger partial charge is 0.253 e. The number of aryl methyl sites for hydroxylation is 1. The summed E-state index contributed by atoms with van der Waals surface area (Å²) in [5.74, 6) is 1.03. The maximum atomic E-state index is 12.2. The van der Waals surface area contributed by atoms with E-state index >= 15 is 0 Å². The summed E-state index contributed by atoms with van der Waals surface area (Å²) >= 11 is 1.22. The summed E-state index contributed by atoms with van der Waals surface area (Å²) in [5, 5.41) is 0. The molecule has 0 unspecified atom stereocenters. The summed E-state index contributed by atoms with van der Waals surface area (Å²) in [5.41, 5.74) is 13.5. The van der Waals surface area contributed by atoms with Crippen LogP contribution in [0.1, 0.15) is 66.7 Å². The first-order chi connectivity index (χ1) is 19.3. The molecule has 8 heteroatoms. The van der Waals surface area contributed by atoms with Crippen molar-refractivity contribution in [1.29, 1.82) is 0 Å². The molecule has 1 amide bonds. The summed E-state index contributed by atoms with van der Waals surface area (Å²) in [7, 11) is 5.19. The van der Waals surface area contributed by atoms with Gasteiger partial charge < -0.3 is 14.8 Å². The van der Waals surface area contributed by atoms with Crippen LogP contribution in [-0.4, -0.2) is 66.5 Å². The Morgan fingerprint density at radius 3 is 2.45 bits per heavy atom. The average Bonchev–Trinajstić information content (AvgIpc) is 2.96. The van der Waals surface area contributed by atoms with Crippen LogP contribution in [0.4, 0.5) is 5.82 Å². The number of anilines is 1. The van der Waals surface area contributed by atoms with Crippen LogP contribution in [0.25, 0.3) is 17.2 Å². The lowest BCUT2D eigenvalue weighted by Crippen LogP contribution is -2.34. The van der Waals surface area contributed by atoms with Crippen molar-refractivity contribution in [2.24, 2.45) is 0 Å². The molecule has 3 heterocycles. The Morgan fingerprint density at radius 2 is 1.82 bits per heavy atom. The van der Waals surface area contributed by atoms with E-state index in [1.807, 2.05) is 57.4 Å². The number of likely N-dealkylation sites (tertiary alicyclic amines) is 1. The van der Waals surface area contributed by atoms with E-state index in [0.717, 1.165) is 65.3 Å². The number of hydrogen-bond acceptors (Lipinski definition) is 7. The van der Waals surface area contributed by atoms with Crippen LogP contribution < -0.4 is 5.73 Å². The van der Waals surface area contributed by atoms with Gasteiger partial charge in [0.05, 0.1) is 12.0 Å². The van der Waals surface area contributed by atoms with Gasteiger partial charge in [0.2, 0.25) is 0 Å². The summed E-state index contributed by atoms with van der Waals surface area (Å²) in [6, 6.07) is 12.2. The molecule has 3 aromatic rings. The number of nitrogens with two attached hydrogens (primary N) is 1. The number of hydrogen-bond donors (Lipinski definition) is 1. The zero-order valence-corrected chi connectivity index (χ0v) is 25.7. The number of pyridine rings is 2. The first-order valence-electron chi connectivity index (χ1n) is 13.9. The molecule has 4 rings (SSSR count). The highest BCUT2D eigenvalue weighted by molar-refractivity contribution is 7.94. The molecular weight excluding hydrogens is 518 g/mol. The number of nitrogens with zero attached hydrogens (tertiary/aromatic N) is 4. The molecular formula is C32H43N5O2S. The van der Waals surface area contributed by atoms with Gasteiger partial charge >= 0.3 is 0 Å². The minimum atomic E-state index is 0.0441. The van der Waals surface area contributed by atoms with E-state index in [1.165, 1.54) is 23.2 Å². The van der Waals surface area contributed by atoms with Gasteiger partial charge in [0.1, 0.15) is 5.82 Å². The number of carbonyl (C=O) groups is 1. The van der Waals surface area contributed by atoms with Gasteiger partial charge in [-0.1, -0.05) is 37.6 Å². The van der Waals surface area contributed by atoms with Gasteiger partial charge in [0, 0.05) is 67.5 Å². The lowest BCUT2D eigenvalue weighted by molar-refractivity contribution is 0.0827. The number of aromatic nitrogens is 2. The van der Waals surface area contributed by atoms with Crippen molar-refractivity contribution >= 4 is 29.8 Å². The highest BCUT2D eigenvalue weighted by atomic mass is 32.2. The first kappa shape index (κ1) is 31.3. The Bertz CT molecular complexity index is 1300. The molecule has 2 N–H and O–H groups in total. The Morgan fingerprint density at radius 1 is 1.15 bits per heavy atom. The van der Waals surface area contributed by atoms with Crippen molar-refractivity contribution in [3.8, 4) is 11.1 Å². The fourth-order valence-electron chi connectivity index (χ4n) is 5.00. The number of carbonyl (C=O) groups excluding carboxylic acids is 1. The predicted molar refractivity (Wildman–Crippen MR) is 167 cm³/mol. The minimum Gasteiger partial charge on any atom is -0.383 e. The van der Waals surface area contributed by atoms with Gasteiger partial charge in [-0.15, -0.1) is 0 Å². The van der Waals surface area contributed by atoms with Crippen LogP contribution in [0.3, 0.4) is 0 Å². The van der Waals surface area contributed by atoms with Crippen LogP contribution in [0.5, 0.6) is 0 Å². The van der Waals surface area contributed by atoms with Crippen LogP contribution in [0.15, 0.2) is 59.3 Å². The summed E-state index contributed by atoms with van der Waals surface area (Å²) in [4.78, 5) is 26.1. The van der Waals surface area contributed by atoms with E-state index in [0.29, 0.717) is 11.7 Å². The van der Waals surface area contributed by atoms with Gasteiger partial charge in [-0.25, -0.2) is 4.98 Å². The third-order valence-electron chi connectivity index (χ3n) is 7.04. The zero-order chi connectivity index (χ0) is 29.2. The van der Waals surface area contributed by atoms with Crippen LogP contribution in [0.2, 0.25) is 0 Å². The van der Waals surface area contributed by atoms with Gasteiger partial charge in [-0.3, -0.25) is 14.7 Å². The molecule has 1 aliphatic heterocycles. The SMILES string of the molecule is CC.COSc1cc(-c2ccnc(C)c2/C=C(\C)CN2CCC(c3ccc(C(=O)N(C)C)cc3)CC2)cnc1N. The molecule has 0 bridgehead atoms. The maximum Gasteiger partial charge on any atom is 0.253 e. The Balaban J connectivity index is 0.00000216. The molecule has 1 aromatic carbocycles. The molecule has 0 saturated carbocycles. The molecule has 0 spiro atoms. The van der Waals surface area contributed by atoms with E-state index in [2.05, 4.69) is 40.0 Å². The fraction of sp³-hybridized carbons (Fsp3) is 0.406. The molecule has 2 aromatic heterocycles.